The third kappa shape index (κ3) is 4.15. The number of esters is 1. The fourth-order valence-electron chi connectivity index (χ4n) is 1.79. The zero-order chi connectivity index (χ0) is 13.7. The van der Waals surface area contributed by atoms with Gasteiger partial charge in [0.25, 0.3) is 0 Å². The minimum atomic E-state index is -0.187. The lowest BCUT2D eigenvalue weighted by atomic mass is 10.1. The zero-order valence-corrected chi connectivity index (χ0v) is 12.0. The number of hydrogen-bond donors (Lipinski definition) is 0. The lowest BCUT2D eigenvalue weighted by molar-refractivity contribution is -0.142. The fourth-order valence-corrected chi connectivity index (χ4v) is 1.79. The van der Waals surface area contributed by atoms with Crippen LogP contribution in [0.2, 0.25) is 0 Å². The molecule has 3 heteroatoms. The van der Waals surface area contributed by atoms with Gasteiger partial charge in [0.05, 0.1) is 13.7 Å². The van der Waals surface area contributed by atoms with Crippen LogP contribution < -0.4 is 0 Å². The molecule has 1 rings (SSSR count). The summed E-state index contributed by atoms with van der Waals surface area (Å²) in [5.41, 5.74) is 3.81. The minimum Gasteiger partial charge on any atom is -0.468 e. The maximum Gasteiger partial charge on any atom is 0.319 e. The van der Waals surface area contributed by atoms with Gasteiger partial charge in [-0.25, -0.2) is 0 Å². The molecule has 0 N–H and O–H groups in total. The Hall–Kier alpha value is -1.35. The number of nitrogens with zero attached hydrogens (tertiary/aromatic N) is 1. The standard InChI is InChI=1S/C15H23NO2/c1-11(2)16(10-15(17)18-5)9-14-7-6-12(3)13(4)8-14/h6-8,11H,9-10H2,1-5H3. The Labute approximate surface area is 110 Å². The number of rotatable bonds is 5. The summed E-state index contributed by atoms with van der Waals surface area (Å²) < 4.78 is 4.73. The largest absolute Gasteiger partial charge is 0.468 e. The van der Waals surface area contributed by atoms with Gasteiger partial charge in [0.2, 0.25) is 0 Å². The van der Waals surface area contributed by atoms with Crippen molar-refractivity contribution in [3.8, 4) is 0 Å². The Balaban J connectivity index is 2.76. The third-order valence-corrected chi connectivity index (χ3v) is 3.25. The van der Waals surface area contributed by atoms with Crippen LogP contribution in [0.5, 0.6) is 0 Å². The van der Waals surface area contributed by atoms with Crippen LogP contribution in [0.1, 0.15) is 30.5 Å². The van der Waals surface area contributed by atoms with E-state index < -0.39 is 0 Å². The van der Waals surface area contributed by atoms with Crippen LogP contribution in [0.4, 0.5) is 0 Å². The van der Waals surface area contributed by atoms with Crippen molar-refractivity contribution in [1.29, 1.82) is 0 Å². The van der Waals surface area contributed by atoms with Crippen molar-refractivity contribution in [3.05, 3.63) is 34.9 Å². The van der Waals surface area contributed by atoms with Crippen LogP contribution in [-0.4, -0.2) is 30.6 Å². The van der Waals surface area contributed by atoms with Gasteiger partial charge in [0.1, 0.15) is 0 Å². The molecule has 1 aromatic carbocycles. The van der Waals surface area contributed by atoms with Crippen LogP contribution in [0.25, 0.3) is 0 Å². The number of carbonyl (C=O) groups is 1. The SMILES string of the molecule is COC(=O)CN(Cc1ccc(C)c(C)c1)C(C)C. The highest BCUT2D eigenvalue weighted by Gasteiger charge is 2.14. The number of methoxy groups -OCH3 is 1. The smallest absolute Gasteiger partial charge is 0.319 e. The topological polar surface area (TPSA) is 29.5 Å². The second-order valence-corrected chi connectivity index (χ2v) is 4.99. The number of carbonyl (C=O) groups excluding carboxylic acids is 1. The van der Waals surface area contributed by atoms with Crippen LogP contribution in [0.15, 0.2) is 18.2 Å². The van der Waals surface area contributed by atoms with E-state index in [2.05, 4.69) is 50.8 Å². The first kappa shape index (κ1) is 14.7. The Morgan fingerprint density at radius 1 is 1.28 bits per heavy atom. The maximum atomic E-state index is 11.4. The van der Waals surface area contributed by atoms with Gasteiger partial charge in [0.15, 0.2) is 0 Å². The Morgan fingerprint density at radius 2 is 1.94 bits per heavy atom. The van der Waals surface area contributed by atoms with Gasteiger partial charge in [-0.2, -0.15) is 0 Å². The third-order valence-electron chi connectivity index (χ3n) is 3.25. The first-order valence-electron chi connectivity index (χ1n) is 6.31. The van der Waals surface area contributed by atoms with E-state index in [1.807, 2.05) is 0 Å². The molecule has 1 aromatic rings. The van der Waals surface area contributed by atoms with Crippen LogP contribution in [0, 0.1) is 13.8 Å². The zero-order valence-electron chi connectivity index (χ0n) is 12.0. The normalized spacial score (nSPS) is 11.1. The van der Waals surface area contributed by atoms with Crippen molar-refractivity contribution in [2.75, 3.05) is 13.7 Å². The highest BCUT2D eigenvalue weighted by atomic mass is 16.5. The molecule has 3 nitrogen and oxygen atoms in total. The molecule has 0 unspecified atom stereocenters. The van der Waals surface area contributed by atoms with Gasteiger partial charge in [-0.05, 0) is 44.4 Å². The highest BCUT2D eigenvalue weighted by molar-refractivity contribution is 5.71. The Morgan fingerprint density at radius 3 is 2.44 bits per heavy atom. The first-order chi connectivity index (χ1) is 8.43. The van der Waals surface area contributed by atoms with Crippen molar-refractivity contribution in [2.24, 2.45) is 0 Å². The lowest BCUT2D eigenvalue weighted by Gasteiger charge is -2.25. The summed E-state index contributed by atoms with van der Waals surface area (Å²) in [5, 5.41) is 0. The van der Waals surface area contributed by atoms with Crippen molar-refractivity contribution >= 4 is 5.97 Å². The second kappa shape index (κ2) is 6.55. The van der Waals surface area contributed by atoms with Gasteiger partial charge >= 0.3 is 5.97 Å². The van der Waals surface area contributed by atoms with E-state index >= 15 is 0 Å². The van der Waals surface area contributed by atoms with E-state index in [-0.39, 0.29) is 5.97 Å². The van der Waals surface area contributed by atoms with Gasteiger partial charge in [-0.15, -0.1) is 0 Å². The summed E-state index contributed by atoms with van der Waals surface area (Å²) in [6.07, 6.45) is 0. The van der Waals surface area contributed by atoms with Crippen LogP contribution in [-0.2, 0) is 16.1 Å². The van der Waals surface area contributed by atoms with E-state index in [9.17, 15) is 4.79 Å². The molecule has 0 aliphatic rings. The maximum absolute atomic E-state index is 11.4. The number of benzene rings is 1. The molecule has 0 aliphatic heterocycles. The van der Waals surface area contributed by atoms with Crippen molar-refractivity contribution < 1.29 is 9.53 Å². The molecule has 0 heterocycles. The van der Waals surface area contributed by atoms with Gasteiger partial charge in [0, 0.05) is 12.6 Å². The summed E-state index contributed by atoms with van der Waals surface area (Å²) in [5.74, 6) is -0.187. The lowest BCUT2D eigenvalue weighted by Crippen LogP contribution is -2.35. The summed E-state index contributed by atoms with van der Waals surface area (Å²) in [4.78, 5) is 13.5. The van der Waals surface area contributed by atoms with Gasteiger partial charge in [-0.3, -0.25) is 9.69 Å². The molecule has 0 atom stereocenters. The van der Waals surface area contributed by atoms with Crippen molar-refractivity contribution in [3.63, 3.8) is 0 Å². The van der Waals surface area contributed by atoms with Crippen LogP contribution in [0.3, 0.4) is 0 Å². The second-order valence-electron chi connectivity index (χ2n) is 4.99. The van der Waals surface area contributed by atoms with E-state index in [1.165, 1.54) is 23.8 Å². The molecule has 0 saturated heterocycles. The number of ether oxygens (including phenoxy) is 1. The summed E-state index contributed by atoms with van der Waals surface area (Å²) in [6.45, 7) is 9.50. The van der Waals surface area contributed by atoms with Gasteiger partial charge in [-0.1, -0.05) is 18.2 Å². The molecule has 0 spiro atoms. The fraction of sp³-hybridized carbons (Fsp3) is 0.533. The molecule has 18 heavy (non-hydrogen) atoms. The summed E-state index contributed by atoms with van der Waals surface area (Å²) in [7, 11) is 1.43. The molecule has 0 fully saturated rings. The molecule has 0 aliphatic carbocycles. The quantitative estimate of drug-likeness (QED) is 0.751. The first-order valence-corrected chi connectivity index (χ1v) is 6.31. The molecule has 0 aromatic heterocycles. The van der Waals surface area contributed by atoms with E-state index in [0.29, 0.717) is 12.6 Å². The van der Waals surface area contributed by atoms with E-state index in [0.717, 1.165) is 6.54 Å². The minimum absolute atomic E-state index is 0.187. The van der Waals surface area contributed by atoms with Gasteiger partial charge < -0.3 is 4.74 Å². The summed E-state index contributed by atoms with van der Waals surface area (Å²) >= 11 is 0. The summed E-state index contributed by atoms with van der Waals surface area (Å²) in [6, 6.07) is 6.74. The molecule has 0 radical (unpaired) electrons. The molecular weight excluding hydrogens is 226 g/mol. The van der Waals surface area contributed by atoms with E-state index in [1.54, 1.807) is 0 Å². The predicted molar refractivity (Wildman–Crippen MR) is 73.5 cm³/mol. The Kier molecular flexibility index (Phi) is 5.35. The molecule has 0 amide bonds. The average Bonchev–Trinajstić information content (AvgIpc) is 2.32. The highest BCUT2D eigenvalue weighted by Crippen LogP contribution is 2.13. The predicted octanol–water partition coefficient (Wildman–Crippen LogP) is 2.69. The number of aryl methyl sites for hydroxylation is 2. The molecule has 0 bridgehead atoms. The van der Waals surface area contributed by atoms with Crippen molar-refractivity contribution in [1.82, 2.24) is 4.90 Å². The van der Waals surface area contributed by atoms with E-state index in [4.69, 9.17) is 4.74 Å². The van der Waals surface area contributed by atoms with Crippen molar-refractivity contribution in [2.45, 2.75) is 40.3 Å². The average molecular weight is 249 g/mol. The van der Waals surface area contributed by atoms with Crippen LogP contribution >= 0.6 is 0 Å². The number of hydrogen-bond acceptors (Lipinski definition) is 3. The molecular formula is C15H23NO2. The monoisotopic (exact) mass is 249 g/mol. The molecule has 100 valence electrons. The molecule has 0 saturated carbocycles. The Bertz CT molecular complexity index is 413.